The number of carbonyl (C=O) groups excluding carboxylic acids is 1. The summed E-state index contributed by atoms with van der Waals surface area (Å²) in [5, 5.41) is 9.11. The van der Waals surface area contributed by atoms with Crippen LogP contribution >= 0.6 is 11.6 Å². The maximum Gasteiger partial charge on any atom is 0.165 e. The van der Waals surface area contributed by atoms with Crippen molar-refractivity contribution in [3.05, 3.63) is 63.9 Å². The third-order valence-electron chi connectivity index (χ3n) is 2.66. The van der Waals surface area contributed by atoms with Crippen molar-refractivity contribution in [2.45, 2.75) is 6.61 Å². The summed E-state index contributed by atoms with van der Waals surface area (Å²) >= 11 is 5.99. The number of ether oxygens (including phenoxy) is 1. The predicted molar refractivity (Wildman–Crippen MR) is 72.3 cm³/mol. The molecule has 0 saturated heterocycles. The third-order valence-corrected chi connectivity index (χ3v) is 3.01. The van der Waals surface area contributed by atoms with E-state index in [1.807, 2.05) is 6.07 Å². The molecule has 0 spiro atoms. The van der Waals surface area contributed by atoms with E-state index in [2.05, 4.69) is 0 Å². The molecule has 0 aliphatic rings. The summed E-state index contributed by atoms with van der Waals surface area (Å²) < 4.78 is 18.9. The molecule has 0 fully saturated rings. The van der Waals surface area contributed by atoms with Crippen LogP contribution in [0.5, 0.6) is 5.75 Å². The van der Waals surface area contributed by atoms with E-state index in [1.165, 1.54) is 18.2 Å². The summed E-state index contributed by atoms with van der Waals surface area (Å²) in [6.07, 6.45) is 0.560. The van der Waals surface area contributed by atoms with Gasteiger partial charge in [0.25, 0.3) is 0 Å². The lowest BCUT2D eigenvalue weighted by molar-refractivity contribution is 0.112. The van der Waals surface area contributed by atoms with Crippen molar-refractivity contribution in [1.29, 1.82) is 5.26 Å². The summed E-state index contributed by atoms with van der Waals surface area (Å²) in [7, 11) is 0. The molecule has 2 rings (SSSR count). The van der Waals surface area contributed by atoms with Crippen LogP contribution in [0, 0.1) is 17.1 Å². The minimum Gasteiger partial charge on any atom is -0.486 e. The van der Waals surface area contributed by atoms with E-state index in [-0.39, 0.29) is 17.9 Å². The molecule has 0 aromatic heterocycles. The molecular formula is C15H9ClFNO2. The molecule has 0 heterocycles. The van der Waals surface area contributed by atoms with Gasteiger partial charge in [0.2, 0.25) is 0 Å². The van der Waals surface area contributed by atoms with Crippen LogP contribution in [0.3, 0.4) is 0 Å². The first-order valence-electron chi connectivity index (χ1n) is 5.70. The van der Waals surface area contributed by atoms with E-state index in [4.69, 9.17) is 21.6 Å². The fourth-order valence-electron chi connectivity index (χ4n) is 1.60. The normalized spacial score (nSPS) is 9.85. The second-order valence-electron chi connectivity index (χ2n) is 4.01. The Morgan fingerprint density at radius 3 is 2.70 bits per heavy atom. The topological polar surface area (TPSA) is 50.1 Å². The van der Waals surface area contributed by atoms with E-state index in [1.54, 1.807) is 12.1 Å². The Labute approximate surface area is 120 Å². The summed E-state index contributed by atoms with van der Waals surface area (Å²) in [6.45, 7) is 0.0713. The van der Waals surface area contributed by atoms with Gasteiger partial charge in [-0.1, -0.05) is 17.7 Å². The van der Waals surface area contributed by atoms with Crippen molar-refractivity contribution in [2.75, 3.05) is 0 Å². The minimum absolute atomic E-state index is 0.0380. The van der Waals surface area contributed by atoms with Gasteiger partial charge in [-0.25, -0.2) is 4.39 Å². The fraction of sp³-hybridized carbons (Fsp3) is 0.0667. The van der Waals surface area contributed by atoms with E-state index in [0.717, 1.165) is 6.07 Å². The molecule has 0 saturated carbocycles. The van der Waals surface area contributed by atoms with Gasteiger partial charge in [0, 0.05) is 16.1 Å². The van der Waals surface area contributed by atoms with E-state index in [9.17, 15) is 9.18 Å². The summed E-state index contributed by atoms with van der Waals surface area (Å²) in [5.74, 6) is -0.574. The van der Waals surface area contributed by atoms with E-state index >= 15 is 0 Å². The number of halogens is 2. The first kappa shape index (κ1) is 14.0. The molecule has 20 heavy (non-hydrogen) atoms. The van der Waals surface area contributed by atoms with E-state index in [0.29, 0.717) is 22.4 Å². The van der Waals surface area contributed by atoms with Gasteiger partial charge in [-0.15, -0.1) is 0 Å². The van der Waals surface area contributed by atoms with E-state index < -0.39 is 5.82 Å². The zero-order valence-corrected chi connectivity index (χ0v) is 11.0. The average Bonchev–Trinajstić information content (AvgIpc) is 2.46. The lowest BCUT2D eigenvalue weighted by Crippen LogP contribution is -1.99. The van der Waals surface area contributed by atoms with Gasteiger partial charge in [0.05, 0.1) is 11.6 Å². The largest absolute Gasteiger partial charge is 0.486 e. The lowest BCUT2D eigenvalue weighted by Gasteiger charge is -2.09. The molecular weight excluding hydrogens is 281 g/mol. The van der Waals surface area contributed by atoms with Crippen LogP contribution in [0.15, 0.2) is 36.4 Å². The number of nitriles is 1. The van der Waals surface area contributed by atoms with Crippen molar-refractivity contribution in [2.24, 2.45) is 0 Å². The number of hydrogen-bond acceptors (Lipinski definition) is 3. The van der Waals surface area contributed by atoms with Crippen LogP contribution < -0.4 is 4.74 Å². The van der Waals surface area contributed by atoms with Crippen molar-refractivity contribution >= 4 is 17.9 Å². The summed E-state index contributed by atoms with van der Waals surface area (Å²) in [5.41, 5.74) is 1.33. The number of carbonyl (C=O) groups is 1. The predicted octanol–water partition coefficient (Wildman–Crippen LogP) is 3.74. The number of rotatable bonds is 4. The molecule has 0 N–H and O–H groups in total. The van der Waals surface area contributed by atoms with Gasteiger partial charge in [0.1, 0.15) is 12.9 Å². The molecule has 0 atom stereocenters. The van der Waals surface area contributed by atoms with Crippen molar-refractivity contribution in [3.63, 3.8) is 0 Å². The SMILES string of the molecule is N#Cc1ccc(COc2ccc(C=O)cc2F)c(Cl)c1. The molecule has 0 radical (unpaired) electrons. The van der Waals surface area contributed by atoms with Crippen LogP contribution in [0.4, 0.5) is 4.39 Å². The average molecular weight is 290 g/mol. The Bertz CT molecular complexity index is 695. The van der Waals surface area contributed by atoms with Crippen LogP contribution in [0.1, 0.15) is 21.5 Å². The number of aldehydes is 1. The smallest absolute Gasteiger partial charge is 0.165 e. The molecule has 2 aromatic carbocycles. The van der Waals surface area contributed by atoms with Gasteiger partial charge < -0.3 is 4.74 Å². The highest BCUT2D eigenvalue weighted by atomic mass is 35.5. The van der Waals surface area contributed by atoms with Crippen molar-refractivity contribution in [1.82, 2.24) is 0 Å². The Balaban J connectivity index is 2.13. The highest BCUT2D eigenvalue weighted by Gasteiger charge is 2.07. The molecule has 0 bridgehead atoms. The molecule has 0 amide bonds. The third kappa shape index (κ3) is 3.14. The number of hydrogen-bond donors (Lipinski definition) is 0. The highest BCUT2D eigenvalue weighted by molar-refractivity contribution is 6.31. The fourth-order valence-corrected chi connectivity index (χ4v) is 1.83. The van der Waals surface area contributed by atoms with Crippen molar-refractivity contribution < 1.29 is 13.9 Å². The maximum absolute atomic E-state index is 13.6. The lowest BCUT2D eigenvalue weighted by atomic mass is 10.1. The molecule has 0 aliphatic carbocycles. The van der Waals surface area contributed by atoms with Gasteiger partial charge in [-0.3, -0.25) is 4.79 Å². The molecule has 0 aliphatic heterocycles. The van der Waals surface area contributed by atoms with Crippen LogP contribution in [0.2, 0.25) is 5.02 Å². The standard InChI is InChI=1S/C15H9ClFNO2/c16-13-5-10(7-18)1-3-12(13)9-20-15-4-2-11(8-19)6-14(15)17/h1-6,8H,9H2. The Kier molecular flexibility index (Phi) is 4.34. The first-order chi connectivity index (χ1) is 9.63. The first-order valence-corrected chi connectivity index (χ1v) is 6.08. The van der Waals surface area contributed by atoms with Crippen LogP contribution in [-0.4, -0.2) is 6.29 Å². The zero-order valence-electron chi connectivity index (χ0n) is 10.3. The number of benzene rings is 2. The maximum atomic E-state index is 13.6. The monoisotopic (exact) mass is 289 g/mol. The highest BCUT2D eigenvalue weighted by Crippen LogP contribution is 2.22. The molecule has 2 aromatic rings. The molecule has 5 heteroatoms. The Hall–Kier alpha value is -2.38. The Morgan fingerprint density at radius 1 is 1.30 bits per heavy atom. The minimum atomic E-state index is -0.612. The molecule has 100 valence electrons. The zero-order chi connectivity index (χ0) is 14.5. The van der Waals surface area contributed by atoms with Crippen LogP contribution in [-0.2, 0) is 6.61 Å². The van der Waals surface area contributed by atoms with Gasteiger partial charge in [-0.2, -0.15) is 5.26 Å². The van der Waals surface area contributed by atoms with Gasteiger partial charge >= 0.3 is 0 Å². The molecule has 0 unspecified atom stereocenters. The second-order valence-corrected chi connectivity index (χ2v) is 4.42. The summed E-state index contributed by atoms with van der Waals surface area (Å²) in [6, 6.07) is 10.7. The van der Waals surface area contributed by atoms with Gasteiger partial charge in [0.15, 0.2) is 11.6 Å². The quantitative estimate of drug-likeness (QED) is 0.806. The van der Waals surface area contributed by atoms with Crippen molar-refractivity contribution in [3.8, 4) is 11.8 Å². The number of nitrogens with zero attached hydrogens (tertiary/aromatic N) is 1. The Morgan fingerprint density at radius 2 is 2.10 bits per heavy atom. The summed E-state index contributed by atoms with van der Waals surface area (Å²) in [4.78, 5) is 10.5. The van der Waals surface area contributed by atoms with Crippen LogP contribution in [0.25, 0.3) is 0 Å². The second kappa shape index (κ2) is 6.18. The van der Waals surface area contributed by atoms with Gasteiger partial charge in [-0.05, 0) is 30.3 Å². The molecule has 3 nitrogen and oxygen atoms in total.